The predicted octanol–water partition coefficient (Wildman–Crippen LogP) is 2.71. The number of carbonyl (C=O) groups excluding carboxylic acids is 2. The molecule has 8 heteroatoms. The monoisotopic (exact) mass is 313 g/mol. The van der Waals surface area contributed by atoms with E-state index in [1.54, 1.807) is 0 Å². The number of nitrogens with zero attached hydrogens (tertiary/aromatic N) is 1. The first-order chi connectivity index (χ1) is 9.97. The van der Waals surface area contributed by atoms with Crippen molar-refractivity contribution in [2.24, 2.45) is 0 Å². The molecule has 0 spiro atoms. The van der Waals surface area contributed by atoms with Gasteiger partial charge < -0.3 is 13.9 Å². The molecule has 0 aliphatic rings. The van der Waals surface area contributed by atoms with E-state index >= 15 is 0 Å². The first-order valence-electron chi connectivity index (χ1n) is 5.60. The minimum atomic E-state index is -0.887. The number of hydrogen-bond donors (Lipinski definition) is 0. The van der Waals surface area contributed by atoms with Crippen LogP contribution in [0.5, 0.6) is 0 Å². The number of esters is 2. The van der Waals surface area contributed by atoms with Crippen LogP contribution in [0.25, 0.3) is 11.5 Å². The van der Waals surface area contributed by atoms with Gasteiger partial charge in [0.1, 0.15) is 5.82 Å². The van der Waals surface area contributed by atoms with Crippen LogP contribution < -0.4 is 0 Å². The zero-order valence-corrected chi connectivity index (χ0v) is 11.7. The molecular weight excluding hydrogens is 305 g/mol. The highest BCUT2D eigenvalue weighted by atomic mass is 35.5. The Morgan fingerprint density at radius 2 is 1.90 bits per heavy atom. The Bertz CT molecular complexity index is 679. The Morgan fingerprint density at radius 3 is 2.48 bits per heavy atom. The fourth-order valence-corrected chi connectivity index (χ4v) is 1.72. The van der Waals surface area contributed by atoms with Gasteiger partial charge in [0.15, 0.2) is 0 Å². The number of carbonyl (C=O) groups is 2. The average molecular weight is 314 g/mol. The molecule has 0 atom stereocenters. The summed E-state index contributed by atoms with van der Waals surface area (Å²) >= 11 is 5.66. The number of ether oxygens (including phenoxy) is 2. The van der Waals surface area contributed by atoms with Crippen molar-refractivity contribution >= 4 is 23.5 Å². The largest absolute Gasteiger partial charge is 0.464 e. The summed E-state index contributed by atoms with van der Waals surface area (Å²) in [6.07, 6.45) is 0. The maximum atomic E-state index is 13.1. The van der Waals surface area contributed by atoms with Crippen molar-refractivity contribution in [3.05, 3.63) is 40.5 Å². The van der Waals surface area contributed by atoms with Crippen molar-refractivity contribution < 1.29 is 27.9 Å². The lowest BCUT2D eigenvalue weighted by atomic mass is 10.2. The number of hydrogen-bond acceptors (Lipinski definition) is 6. The van der Waals surface area contributed by atoms with Crippen LogP contribution in [-0.2, 0) is 9.47 Å². The number of oxazole rings is 1. The van der Waals surface area contributed by atoms with Gasteiger partial charge in [0.25, 0.3) is 0 Å². The van der Waals surface area contributed by atoms with Gasteiger partial charge in [-0.3, -0.25) is 0 Å². The summed E-state index contributed by atoms with van der Waals surface area (Å²) in [6, 6.07) is 3.71. The molecular formula is C13H9ClFNO5. The molecule has 0 radical (unpaired) electrons. The van der Waals surface area contributed by atoms with Gasteiger partial charge in [0.2, 0.25) is 17.3 Å². The minimum absolute atomic E-state index is 0.0855. The lowest BCUT2D eigenvalue weighted by Crippen LogP contribution is -2.10. The van der Waals surface area contributed by atoms with Crippen molar-refractivity contribution in [1.82, 2.24) is 4.98 Å². The van der Waals surface area contributed by atoms with Gasteiger partial charge in [-0.2, -0.15) is 0 Å². The molecule has 0 aliphatic heterocycles. The van der Waals surface area contributed by atoms with Crippen LogP contribution in [0.15, 0.2) is 22.6 Å². The summed E-state index contributed by atoms with van der Waals surface area (Å²) in [7, 11) is 2.26. The standard InChI is InChI=1S/C13H9ClFNO5/c1-19-12(17)9-10(13(18)20-2)21-11(16-9)6-3-4-8(15)7(14)5-6/h3-5H,1-2H3. The van der Waals surface area contributed by atoms with Crippen LogP contribution in [0.4, 0.5) is 4.39 Å². The van der Waals surface area contributed by atoms with Gasteiger partial charge in [-0.15, -0.1) is 0 Å². The van der Waals surface area contributed by atoms with Gasteiger partial charge in [0.05, 0.1) is 19.2 Å². The fourth-order valence-electron chi connectivity index (χ4n) is 1.54. The molecule has 0 saturated heterocycles. The number of aromatic nitrogens is 1. The number of benzene rings is 1. The molecule has 0 unspecified atom stereocenters. The zero-order chi connectivity index (χ0) is 15.6. The van der Waals surface area contributed by atoms with Crippen LogP contribution >= 0.6 is 11.6 Å². The van der Waals surface area contributed by atoms with E-state index in [1.165, 1.54) is 12.1 Å². The van der Waals surface area contributed by atoms with Crippen molar-refractivity contribution in [2.75, 3.05) is 14.2 Å². The van der Waals surface area contributed by atoms with Crippen LogP contribution in [0.3, 0.4) is 0 Å². The van der Waals surface area contributed by atoms with Gasteiger partial charge >= 0.3 is 11.9 Å². The van der Waals surface area contributed by atoms with E-state index in [2.05, 4.69) is 14.5 Å². The lowest BCUT2D eigenvalue weighted by Gasteiger charge is -1.97. The quantitative estimate of drug-likeness (QED) is 0.811. The van der Waals surface area contributed by atoms with Crippen LogP contribution in [0.1, 0.15) is 21.0 Å². The third-order valence-electron chi connectivity index (χ3n) is 2.54. The molecule has 6 nitrogen and oxygen atoms in total. The average Bonchev–Trinajstić information content (AvgIpc) is 2.93. The molecule has 1 aromatic heterocycles. The molecule has 0 saturated carbocycles. The Labute approximate surface area is 123 Å². The number of rotatable bonds is 3. The van der Waals surface area contributed by atoms with Gasteiger partial charge in [-0.05, 0) is 18.2 Å². The van der Waals surface area contributed by atoms with E-state index in [0.29, 0.717) is 5.56 Å². The second-order valence-corrected chi connectivity index (χ2v) is 4.22. The van der Waals surface area contributed by atoms with Crippen LogP contribution in [-0.4, -0.2) is 31.1 Å². The highest BCUT2D eigenvalue weighted by Crippen LogP contribution is 2.27. The van der Waals surface area contributed by atoms with Crippen molar-refractivity contribution in [1.29, 1.82) is 0 Å². The molecule has 2 rings (SSSR count). The molecule has 0 bridgehead atoms. The normalized spacial score (nSPS) is 10.3. The highest BCUT2D eigenvalue weighted by Gasteiger charge is 2.27. The van der Waals surface area contributed by atoms with Crippen molar-refractivity contribution in [3.63, 3.8) is 0 Å². The third kappa shape index (κ3) is 2.87. The topological polar surface area (TPSA) is 78.6 Å². The van der Waals surface area contributed by atoms with E-state index < -0.39 is 23.5 Å². The highest BCUT2D eigenvalue weighted by molar-refractivity contribution is 6.31. The Balaban J connectivity index is 2.55. The summed E-state index contributed by atoms with van der Waals surface area (Å²) in [4.78, 5) is 27.0. The Hall–Kier alpha value is -2.41. The van der Waals surface area contributed by atoms with E-state index in [9.17, 15) is 14.0 Å². The van der Waals surface area contributed by atoms with E-state index in [0.717, 1.165) is 20.3 Å². The van der Waals surface area contributed by atoms with Crippen molar-refractivity contribution in [2.45, 2.75) is 0 Å². The summed E-state index contributed by atoms with van der Waals surface area (Å²) in [5.41, 5.74) is -0.0403. The van der Waals surface area contributed by atoms with Crippen molar-refractivity contribution in [3.8, 4) is 11.5 Å². The summed E-state index contributed by atoms with van der Waals surface area (Å²) in [5, 5.41) is -0.148. The molecule has 21 heavy (non-hydrogen) atoms. The molecule has 2 aromatic rings. The SMILES string of the molecule is COC(=O)c1nc(-c2ccc(F)c(Cl)c2)oc1C(=O)OC. The smallest absolute Gasteiger partial charge is 0.376 e. The first kappa shape index (κ1) is 15.0. The van der Waals surface area contributed by atoms with Gasteiger partial charge in [0, 0.05) is 5.56 Å². The maximum absolute atomic E-state index is 13.1. The van der Waals surface area contributed by atoms with E-state index in [-0.39, 0.29) is 16.6 Å². The maximum Gasteiger partial charge on any atom is 0.376 e. The second kappa shape index (κ2) is 5.92. The second-order valence-electron chi connectivity index (χ2n) is 3.81. The fraction of sp³-hybridized carbons (Fsp3) is 0.154. The zero-order valence-electron chi connectivity index (χ0n) is 11.0. The molecule has 0 amide bonds. The molecule has 0 N–H and O–H groups in total. The molecule has 110 valence electrons. The molecule has 0 aliphatic carbocycles. The first-order valence-corrected chi connectivity index (χ1v) is 5.98. The summed E-state index contributed by atoms with van der Waals surface area (Å²) in [5.74, 6) is -2.85. The third-order valence-corrected chi connectivity index (χ3v) is 2.83. The number of halogens is 2. The summed E-state index contributed by atoms with van der Waals surface area (Å²) < 4.78 is 27.3. The van der Waals surface area contributed by atoms with Gasteiger partial charge in [-0.1, -0.05) is 11.6 Å². The molecule has 0 fully saturated rings. The molecule has 1 aromatic carbocycles. The van der Waals surface area contributed by atoms with Crippen LogP contribution in [0, 0.1) is 5.82 Å². The van der Waals surface area contributed by atoms with Crippen LogP contribution in [0.2, 0.25) is 5.02 Å². The Morgan fingerprint density at radius 1 is 1.24 bits per heavy atom. The predicted molar refractivity (Wildman–Crippen MR) is 69.6 cm³/mol. The number of methoxy groups -OCH3 is 2. The lowest BCUT2D eigenvalue weighted by molar-refractivity contribution is 0.0527. The minimum Gasteiger partial charge on any atom is -0.464 e. The molecule has 1 heterocycles. The Kier molecular flexibility index (Phi) is 4.23. The summed E-state index contributed by atoms with van der Waals surface area (Å²) in [6.45, 7) is 0. The van der Waals surface area contributed by atoms with Gasteiger partial charge in [-0.25, -0.2) is 19.0 Å². The van der Waals surface area contributed by atoms with E-state index in [4.69, 9.17) is 16.0 Å². The van der Waals surface area contributed by atoms with E-state index in [1.807, 2.05) is 0 Å².